The fraction of sp³-hybridized carbons (Fsp3) is 0.909. The van der Waals surface area contributed by atoms with Crippen LogP contribution in [0.15, 0.2) is 0 Å². The molecule has 1 unspecified atom stereocenters. The van der Waals surface area contributed by atoms with Crippen molar-refractivity contribution < 1.29 is 9.53 Å². The van der Waals surface area contributed by atoms with E-state index in [1.54, 1.807) is 0 Å². The highest BCUT2D eigenvalue weighted by Gasteiger charge is 2.23. The minimum atomic E-state index is 0.101. The number of hydrogen-bond acceptors (Lipinski definition) is 2. The van der Waals surface area contributed by atoms with Crippen LogP contribution in [0.5, 0.6) is 0 Å². The lowest BCUT2D eigenvalue weighted by atomic mass is 10.0. The van der Waals surface area contributed by atoms with Gasteiger partial charge in [-0.25, -0.2) is 0 Å². The van der Waals surface area contributed by atoms with Crippen LogP contribution in [-0.2, 0) is 9.53 Å². The van der Waals surface area contributed by atoms with Gasteiger partial charge in [0.2, 0.25) is 5.91 Å². The zero-order valence-corrected chi connectivity index (χ0v) is 9.21. The number of carbonyl (C=O) groups is 1. The maximum atomic E-state index is 11.6. The van der Waals surface area contributed by atoms with E-state index in [2.05, 4.69) is 19.2 Å². The minimum absolute atomic E-state index is 0.101. The molecule has 1 aliphatic heterocycles. The zero-order chi connectivity index (χ0) is 10.4. The van der Waals surface area contributed by atoms with Gasteiger partial charge < -0.3 is 10.1 Å². The number of hydrogen-bond donors (Lipinski definition) is 1. The van der Waals surface area contributed by atoms with Crippen LogP contribution in [0.3, 0.4) is 0 Å². The van der Waals surface area contributed by atoms with E-state index in [1.165, 1.54) is 0 Å². The molecule has 1 heterocycles. The summed E-state index contributed by atoms with van der Waals surface area (Å²) >= 11 is 0. The van der Waals surface area contributed by atoms with Gasteiger partial charge in [-0.3, -0.25) is 4.79 Å². The molecule has 0 bridgehead atoms. The Balaban J connectivity index is 2.19. The second-order valence-electron chi connectivity index (χ2n) is 3.99. The molecule has 1 atom stereocenters. The van der Waals surface area contributed by atoms with Crippen molar-refractivity contribution in [3.63, 3.8) is 0 Å². The Kier molecular flexibility index (Phi) is 4.94. The van der Waals surface area contributed by atoms with Crippen LogP contribution >= 0.6 is 0 Å². The van der Waals surface area contributed by atoms with Gasteiger partial charge in [-0.15, -0.1) is 0 Å². The molecule has 0 aromatic heterocycles. The SMILES string of the molecule is CCC(CC)CNC(=O)C1CCOC1. The predicted molar refractivity (Wildman–Crippen MR) is 56.0 cm³/mol. The number of amides is 1. The van der Waals surface area contributed by atoms with Crippen molar-refractivity contribution in [1.82, 2.24) is 5.32 Å². The average Bonchev–Trinajstić information content (AvgIpc) is 2.72. The van der Waals surface area contributed by atoms with Gasteiger partial charge in [-0.2, -0.15) is 0 Å². The van der Waals surface area contributed by atoms with E-state index >= 15 is 0 Å². The van der Waals surface area contributed by atoms with E-state index in [-0.39, 0.29) is 11.8 Å². The molecular weight excluding hydrogens is 178 g/mol. The van der Waals surface area contributed by atoms with Gasteiger partial charge >= 0.3 is 0 Å². The zero-order valence-electron chi connectivity index (χ0n) is 9.21. The van der Waals surface area contributed by atoms with Crippen LogP contribution in [0.2, 0.25) is 0 Å². The molecule has 1 amide bonds. The van der Waals surface area contributed by atoms with Crippen LogP contribution in [0.1, 0.15) is 33.1 Å². The highest BCUT2D eigenvalue weighted by molar-refractivity contribution is 5.78. The van der Waals surface area contributed by atoms with Crippen molar-refractivity contribution in [3.05, 3.63) is 0 Å². The van der Waals surface area contributed by atoms with E-state index in [0.717, 1.165) is 32.4 Å². The van der Waals surface area contributed by atoms with Gasteiger partial charge in [-0.05, 0) is 12.3 Å². The molecule has 1 N–H and O–H groups in total. The molecule has 1 rings (SSSR count). The second kappa shape index (κ2) is 6.02. The molecule has 0 aliphatic carbocycles. The van der Waals surface area contributed by atoms with E-state index in [0.29, 0.717) is 12.5 Å². The molecule has 0 aromatic carbocycles. The lowest BCUT2D eigenvalue weighted by molar-refractivity contribution is -0.125. The molecule has 3 nitrogen and oxygen atoms in total. The second-order valence-corrected chi connectivity index (χ2v) is 3.99. The van der Waals surface area contributed by atoms with Crippen LogP contribution < -0.4 is 5.32 Å². The molecule has 0 radical (unpaired) electrons. The monoisotopic (exact) mass is 199 g/mol. The first-order valence-electron chi connectivity index (χ1n) is 5.63. The van der Waals surface area contributed by atoms with E-state index in [4.69, 9.17) is 4.74 Å². The Labute approximate surface area is 86.2 Å². The Hall–Kier alpha value is -0.570. The third-order valence-corrected chi connectivity index (χ3v) is 3.02. The van der Waals surface area contributed by atoms with Gasteiger partial charge in [0.1, 0.15) is 0 Å². The topological polar surface area (TPSA) is 38.3 Å². The summed E-state index contributed by atoms with van der Waals surface area (Å²) < 4.78 is 5.18. The van der Waals surface area contributed by atoms with Crippen molar-refractivity contribution in [1.29, 1.82) is 0 Å². The molecular formula is C11H21NO2. The lowest BCUT2D eigenvalue weighted by Crippen LogP contribution is -2.34. The van der Waals surface area contributed by atoms with Crippen LogP contribution in [0.4, 0.5) is 0 Å². The first kappa shape index (κ1) is 11.5. The van der Waals surface area contributed by atoms with E-state index in [1.807, 2.05) is 0 Å². The van der Waals surface area contributed by atoms with Gasteiger partial charge in [0, 0.05) is 13.2 Å². The highest BCUT2D eigenvalue weighted by atomic mass is 16.5. The molecule has 82 valence electrons. The summed E-state index contributed by atoms with van der Waals surface area (Å²) in [5.74, 6) is 0.903. The minimum Gasteiger partial charge on any atom is -0.381 e. The third-order valence-electron chi connectivity index (χ3n) is 3.02. The summed E-state index contributed by atoms with van der Waals surface area (Å²) in [5, 5.41) is 3.01. The largest absolute Gasteiger partial charge is 0.381 e. The fourth-order valence-corrected chi connectivity index (χ4v) is 1.71. The molecule has 0 saturated carbocycles. The molecule has 1 fully saturated rings. The van der Waals surface area contributed by atoms with Crippen molar-refractivity contribution in [2.24, 2.45) is 11.8 Å². The van der Waals surface area contributed by atoms with Crippen LogP contribution in [0, 0.1) is 11.8 Å². The Morgan fingerprint density at radius 3 is 2.71 bits per heavy atom. The summed E-state index contributed by atoms with van der Waals surface area (Å²) in [6.45, 7) is 6.50. The van der Waals surface area contributed by atoms with Crippen molar-refractivity contribution >= 4 is 5.91 Å². The fourth-order valence-electron chi connectivity index (χ4n) is 1.71. The van der Waals surface area contributed by atoms with Crippen molar-refractivity contribution in [2.75, 3.05) is 19.8 Å². The van der Waals surface area contributed by atoms with Crippen molar-refractivity contribution in [3.8, 4) is 0 Å². The summed E-state index contributed by atoms with van der Waals surface area (Å²) in [6.07, 6.45) is 3.16. The molecule has 1 aliphatic rings. The molecule has 0 aromatic rings. The Morgan fingerprint density at radius 2 is 2.21 bits per heavy atom. The van der Waals surface area contributed by atoms with Gasteiger partial charge in [0.05, 0.1) is 12.5 Å². The van der Waals surface area contributed by atoms with Crippen LogP contribution in [-0.4, -0.2) is 25.7 Å². The highest BCUT2D eigenvalue weighted by Crippen LogP contribution is 2.12. The van der Waals surface area contributed by atoms with Crippen LogP contribution in [0.25, 0.3) is 0 Å². The average molecular weight is 199 g/mol. The molecule has 14 heavy (non-hydrogen) atoms. The molecule has 1 saturated heterocycles. The smallest absolute Gasteiger partial charge is 0.225 e. The summed E-state index contributed by atoms with van der Waals surface area (Å²) in [6, 6.07) is 0. The molecule has 0 spiro atoms. The maximum absolute atomic E-state index is 11.6. The molecule has 3 heteroatoms. The summed E-state index contributed by atoms with van der Waals surface area (Å²) in [7, 11) is 0. The first-order valence-corrected chi connectivity index (χ1v) is 5.63. The predicted octanol–water partition coefficient (Wildman–Crippen LogP) is 1.58. The lowest BCUT2D eigenvalue weighted by Gasteiger charge is -2.15. The van der Waals surface area contributed by atoms with E-state index < -0.39 is 0 Å². The van der Waals surface area contributed by atoms with Crippen molar-refractivity contribution in [2.45, 2.75) is 33.1 Å². The quantitative estimate of drug-likeness (QED) is 0.730. The Morgan fingerprint density at radius 1 is 1.50 bits per heavy atom. The normalized spacial score (nSPS) is 21.5. The number of rotatable bonds is 5. The van der Waals surface area contributed by atoms with Gasteiger partial charge in [-0.1, -0.05) is 26.7 Å². The number of ether oxygens (including phenoxy) is 1. The maximum Gasteiger partial charge on any atom is 0.225 e. The summed E-state index contributed by atoms with van der Waals surface area (Å²) in [4.78, 5) is 11.6. The van der Waals surface area contributed by atoms with E-state index in [9.17, 15) is 4.79 Å². The number of carbonyl (C=O) groups excluding carboxylic acids is 1. The van der Waals surface area contributed by atoms with Gasteiger partial charge in [0.15, 0.2) is 0 Å². The summed E-state index contributed by atoms with van der Waals surface area (Å²) in [5.41, 5.74) is 0. The standard InChI is InChI=1S/C11H21NO2/c1-3-9(4-2)7-12-11(13)10-5-6-14-8-10/h9-10H,3-8H2,1-2H3,(H,12,13). The third kappa shape index (κ3) is 3.29. The van der Waals surface area contributed by atoms with Gasteiger partial charge in [0.25, 0.3) is 0 Å². The first-order chi connectivity index (χ1) is 6.77. The number of nitrogens with one attached hydrogen (secondary N) is 1. The Bertz CT molecular complexity index is 172.